The van der Waals surface area contributed by atoms with Crippen molar-refractivity contribution in [3.63, 3.8) is 0 Å². The second-order valence-electron chi connectivity index (χ2n) is 8.18. The van der Waals surface area contributed by atoms with Crippen LogP contribution in [0.3, 0.4) is 0 Å². The van der Waals surface area contributed by atoms with Gasteiger partial charge in [-0.05, 0) is 40.7 Å². The zero-order valence-corrected chi connectivity index (χ0v) is 18.4. The summed E-state index contributed by atoms with van der Waals surface area (Å²) in [5.41, 5.74) is 1.45. The van der Waals surface area contributed by atoms with Gasteiger partial charge >= 0.3 is 0 Å². The maximum absolute atomic E-state index is 11.4. The summed E-state index contributed by atoms with van der Waals surface area (Å²) in [6.07, 6.45) is 5.91. The Kier molecular flexibility index (Phi) is 8.20. The van der Waals surface area contributed by atoms with Crippen LogP contribution in [0.15, 0.2) is 40.5 Å². The summed E-state index contributed by atoms with van der Waals surface area (Å²) in [4.78, 5) is 22.1. The van der Waals surface area contributed by atoms with Gasteiger partial charge in [0, 0.05) is 41.9 Å². The number of hydrogen-bond acceptors (Lipinski definition) is 4. The molecule has 0 unspecified atom stereocenters. The van der Waals surface area contributed by atoms with Gasteiger partial charge < -0.3 is 9.47 Å². The van der Waals surface area contributed by atoms with Crippen molar-refractivity contribution < 1.29 is 0 Å². The van der Waals surface area contributed by atoms with Gasteiger partial charge in [0.05, 0.1) is 5.70 Å². The summed E-state index contributed by atoms with van der Waals surface area (Å²) in [5, 5.41) is 0. The molecule has 27 heavy (non-hydrogen) atoms. The first-order chi connectivity index (χ1) is 12.5. The zero-order chi connectivity index (χ0) is 20.9. The highest BCUT2D eigenvalue weighted by Crippen LogP contribution is 2.17. The number of hydrogen-bond donors (Lipinski definition) is 0. The first kappa shape index (κ1) is 22.9. The summed E-state index contributed by atoms with van der Waals surface area (Å²) in [7, 11) is 0. The molecule has 0 saturated carbocycles. The van der Waals surface area contributed by atoms with Crippen LogP contribution in [-0.2, 0) is 0 Å². The van der Waals surface area contributed by atoms with Gasteiger partial charge in [0.1, 0.15) is 11.7 Å². The van der Waals surface area contributed by atoms with Crippen LogP contribution in [0.25, 0.3) is 0 Å². The van der Waals surface area contributed by atoms with Crippen molar-refractivity contribution in [2.24, 2.45) is 10.9 Å². The van der Waals surface area contributed by atoms with Gasteiger partial charge in [0.25, 0.3) is 5.56 Å². The number of rotatable bonds is 4. The Hall–Kier alpha value is -2.17. The summed E-state index contributed by atoms with van der Waals surface area (Å²) in [5.74, 6) is 2.72. The fourth-order valence-electron chi connectivity index (χ4n) is 2.77. The molecular weight excluding hydrogens is 336 g/mol. The number of aryl methyl sites for hydroxylation is 1. The molecule has 0 radical (unpaired) electrons. The fraction of sp³-hybridized carbons (Fsp3) is 0.591. The molecule has 0 spiro atoms. The molecule has 0 saturated heterocycles. The largest absolute Gasteiger partial charge is 0.334 e. The SMILES string of the molecule is C=C1C=CN(C(C)C)C(C(C)C)=N1.Cc1cn(C(C)C)c(C(C)C)nc1=O. The van der Waals surface area contributed by atoms with Crippen molar-refractivity contribution in [2.75, 3.05) is 0 Å². The molecule has 0 amide bonds. The van der Waals surface area contributed by atoms with E-state index in [0.717, 1.165) is 17.4 Å². The summed E-state index contributed by atoms with van der Waals surface area (Å²) >= 11 is 0. The lowest BCUT2D eigenvalue weighted by Gasteiger charge is -2.31. The standard InChI is InChI=1S/C11H18N2O.C11H18N2/c1-7(2)10-12-11(14)9(5)6-13(10)8(3)4;1-8(2)11-12-10(5)6-7-13(11)9(3)4/h6-8H,1-5H3;6-9H,5H2,1-4H3. The number of aromatic nitrogens is 2. The molecule has 0 fully saturated rings. The molecule has 0 N–H and O–H groups in total. The van der Waals surface area contributed by atoms with Crippen LogP contribution in [-0.4, -0.2) is 26.3 Å². The maximum Gasteiger partial charge on any atom is 0.275 e. The lowest BCUT2D eigenvalue weighted by atomic mass is 10.1. The van der Waals surface area contributed by atoms with Gasteiger partial charge in [-0.1, -0.05) is 34.3 Å². The third kappa shape index (κ3) is 6.19. The van der Waals surface area contributed by atoms with E-state index in [9.17, 15) is 4.79 Å². The van der Waals surface area contributed by atoms with Crippen molar-refractivity contribution in [3.05, 3.63) is 52.5 Å². The molecule has 5 heteroatoms. The maximum atomic E-state index is 11.4. The predicted octanol–water partition coefficient (Wildman–Crippen LogP) is 5.05. The van der Waals surface area contributed by atoms with Crippen molar-refractivity contribution in [1.82, 2.24) is 14.5 Å². The highest BCUT2D eigenvalue weighted by Gasteiger charge is 2.18. The van der Waals surface area contributed by atoms with Gasteiger partial charge in [-0.25, -0.2) is 4.99 Å². The minimum Gasteiger partial charge on any atom is -0.334 e. The van der Waals surface area contributed by atoms with E-state index in [1.165, 1.54) is 0 Å². The Morgan fingerprint density at radius 1 is 0.963 bits per heavy atom. The first-order valence-electron chi connectivity index (χ1n) is 9.79. The molecule has 1 aliphatic rings. The molecule has 1 aliphatic heterocycles. The fourth-order valence-corrected chi connectivity index (χ4v) is 2.77. The predicted molar refractivity (Wildman–Crippen MR) is 115 cm³/mol. The van der Waals surface area contributed by atoms with E-state index in [2.05, 4.69) is 87.6 Å². The number of aliphatic imine (C=N–C) groups is 1. The Morgan fingerprint density at radius 2 is 1.56 bits per heavy atom. The zero-order valence-electron chi connectivity index (χ0n) is 18.4. The third-order valence-corrected chi connectivity index (χ3v) is 4.25. The van der Waals surface area contributed by atoms with Gasteiger partial charge in [-0.2, -0.15) is 4.98 Å². The molecule has 0 atom stereocenters. The van der Waals surface area contributed by atoms with E-state index in [4.69, 9.17) is 0 Å². The highest BCUT2D eigenvalue weighted by atomic mass is 16.1. The Morgan fingerprint density at radius 3 is 2.00 bits per heavy atom. The average molecular weight is 373 g/mol. The van der Waals surface area contributed by atoms with Crippen LogP contribution >= 0.6 is 0 Å². The van der Waals surface area contributed by atoms with Crippen molar-refractivity contribution in [3.8, 4) is 0 Å². The van der Waals surface area contributed by atoms with Gasteiger partial charge in [0.15, 0.2) is 0 Å². The topological polar surface area (TPSA) is 50.5 Å². The Bertz CT molecular complexity index is 767. The van der Waals surface area contributed by atoms with Crippen molar-refractivity contribution in [1.29, 1.82) is 0 Å². The quantitative estimate of drug-likeness (QED) is 0.743. The normalized spacial score (nSPS) is 14.2. The molecule has 150 valence electrons. The van der Waals surface area contributed by atoms with E-state index in [-0.39, 0.29) is 11.5 Å². The van der Waals surface area contributed by atoms with Crippen LogP contribution in [0.2, 0.25) is 0 Å². The molecule has 0 aromatic carbocycles. The van der Waals surface area contributed by atoms with Crippen LogP contribution in [0, 0.1) is 12.8 Å². The van der Waals surface area contributed by atoms with Crippen molar-refractivity contribution >= 4 is 5.84 Å². The van der Waals surface area contributed by atoms with E-state index >= 15 is 0 Å². The molecule has 2 rings (SSSR count). The molecule has 1 aromatic heterocycles. The molecule has 0 bridgehead atoms. The molecule has 0 aliphatic carbocycles. The molecule has 5 nitrogen and oxygen atoms in total. The number of allylic oxidation sites excluding steroid dienone is 1. The van der Waals surface area contributed by atoms with Crippen LogP contribution in [0.4, 0.5) is 0 Å². The van der Waals surface area contributed by atoms with Crippen LogP contribution in [0.5, 0.6) is 0 Å². The lowest BCUT2D eigenvalue weighted by Crippen LogP contribution is -2.36. The van der Waals surface area contributed by atoms with Gasteiger partial charge in [-0.3, -0.25) is 4.79 Å². The van der Waals surface area contributed by atoms with E-state index in [0.29, 0.717) is 23.6 Å². The van der Waals surface area contributed by atoms with E-state index in [1.807, 2.05) is 12.3 Å². The van der Waals surface area contributed by atoms with Crippen molar-refractivity contribution in [2.45, 2.75) is 80.3 Å². The minimum absolute atomic E-state index is 0.106. The Balaban J connectivity index is 0.000000271. The summed E-state index contributed by atoms with van der Waals surface area (Å²) < 4.78 is 2.07. The molecule has 1 aromatic rings. The van der Waals surface area contributed by atoms with Crippen LogP contribution in [0.1, 0.15) is 78.7 Å². The lowest BCUT2D eigenvalue weighted by molar-refractivity contribution is 0.433. The van der Waals surface area contributed by atoms with E-state index < -0.39 is 0 Å². The molecular formula is C22H36N4O. The third-order valence-electron chi connectivity index (χ3n) is 4.25. The number of amidine groups is 1. The summed E-state index contributed by atoms with van der Waals surface area (Å²) in [6, 6.07) is 0.810. The van der Waals surface area contributed by atoms with Crippen LogP contribution < -0.4 is 5.56 Å². The van der Waals surface area contributed by atoms with Gasteiger partial charge in [-0.15, -0.1) is 0 Å². The molecule has 2 heterocycles. The Labute approximate surface area is 164 Å². The average Bonchev–Trinajstić information content (AvgIpc) is 2.56. The monoisotopic (exact) mass is 372 g/mol. The van der Waals surface area contributed by atoms with E-state index in [1.54, 1.807) is 6.92 Å². The van der Waals surface area contributed by atoms with Gasteiger partial charge in [0.2, 0.25) is 0 Å². The first-order valence-corrected chi connectivity index (χ1v) is 9.79. The smallest absolute Gasteiger partial charge is 0.275 e. The number of nitrogens with zero attached hydrogens (tertiary/aromatic N) is 4. The highest BCUT2D eigenvalue weighted by molar-refractivity contribution is 5.87. The summed E-state index contributed by atoms with van der Waals surface area (Å²) in [6.45, 7) is 22.6. The second-order valence-corrected chi connectivity index (χ2v) is 8.18. The minimum atomic E-state index is -0.106. The second kappa shape index (κ2) is 9.67.